The summed E-state index contributed by atoms with van der Waals surface area (Å²) < 4.78 is 39.1. The number of amides is 1. The standard InChI is InChI=1S/C20H24N2O5S/c1-3-26-18-11-10-17(13-19(18)27-4-2)28(24,25)22-16-7-5-6-15(12-16)21-20(23)14-8-9-14/h5-7,10-14,22H,3-4,8-9H2,1-2H3,(H,21,23). The van der Waals surface area contributed by atoms with Crippen LogP contribution in [0.4, 0.5) is 11.4 Å². The van der Waals surface area contributed by atoms with Crippen LogP contribution >= 0.6 is 0 Å². The van der Waals surface area contributed by atoms with Crippen LogP contribution in [-0.2, 0) is 14.8 Å². The second-order valence-corrected chi connectivity index (χ2v) is 8.11. The first-order chi connectivity index (χ1) is 13.4. The van der Waals surface area contributed by atoms with Crippen LogP contribution in [-0.4, -0.2) is 27.5 Å². The molecule has 0 unspecified atom stereocenters. The van der Waals surface area contributed by atoms with E-state index in [1.54, 1.807) is 30.3 Å². The molecule has 1 amide bonds. The monoisotopic (exact) mass is 404 g/mol. The van der Waals surface area contributed by atoms with E-state index in [0.29, 0.717) is 36.1 Å². The molecule has 0 aliphatic heterocycles. The van der Waals surface area contributed by atoms with Crippen LogP contribution in [0.3, 0.4) is 0 Å². The minimum Gasteiger partial charge on any atom is -0.490 e. The van der Waals surface area contributed by atoms with Crippen LogP contribution in [0, 0.1) is 5.92 Å². The third-order valence-corrected chi connectivity index (χ3v) is 5.53. The van der Waals surface area contributed by atoms with Crippen molar-refractivity contribution < 1.29 is 22.7 Å². The van der Waals surface area contributed by atoms with Gasteiger partial charge in [-0.1, -0.05) is 6.07 Å². The van der Waals surface area contributed by atoms with Crippen LogP contribution in [0.5, 0.6) is 11.5 Å². The number of hydrogen-bond acceptors (Lipinski definition) is 5. The third kappa shape index (κ3) is 4.95. The molecule has 2 N–H and O–H groups in total. The van der Waals surface area contributed by atoms with Gasteiger partial charge in [0.1, 0.15) is 0 Å². The van der Waals surface area contributed by atoms with Gasteiger partial charge in [0.05, 0.1) is 23.8 Å². The Morgan fingerprint density at radius 3 is 2.36 bits per heavy atom. The number of carbonyl (C=O) groups excluding carboxylic acids is 1. The molecule has 3 rings (SSSR count). The number of rotatable bonds is 9. The minimum atomic E-state index is -3.83. The third-order valence-electron chi connectivity index (χ3n) is 4.16. The lowest BCUT2D eigenvalue weighted by Crippen LogP contribution is -2.15. The van der Waals surface area contributed by atoms with E-state index in [-0.39, 0.29) is 16.7 Å². The predicted molar refractivity (Wildman–Crippen MR) is 107 cm³/mol. The first-order valence-electron chi connectivity index (χ1n) is 9.26. The van der Waals surface area contributed by atoms with Crippen molar-refractivity contribution in [1.29, 1.82) is 0 Å². The normalized spacial score (nSPS) is 13.6. The summed E-state index contributed by atoms with van der Waals surface area (Å²) in [4.78, 5) is 12.0. The summed E-state index contributed by atoms with van der Waals surface area (Å²) in [6.07, 6.45) is 1.80. The van der Waals surface area contributed by atoms with Gasteiger partial charge in [0.15, 0.2) is 11.5 Å². The molecule has 0 radical (unpaired) electrons. The van der Waals surface area contributed by atoms with E-state index in [9.17, 15) is 13.2 Å². The Balaban J connectivity index is 1.79. The molecule has 2 aromatic carbocycles. The summed E-state index contributed by atoms with van der Waals surface area (Å²) in [5.74, 6) is 0.903. The number of hydrogen-bond donors (Lipinski definition) is 2. The minimum absolute atomic E-state index is 0.0344. The Labute approximate surface area is 165 Å². The van der Waals surface area contributed by atoms with Crippen LogP contribution in [0.1, 0.15) is 26.7 Å². The molecular formula is C20H24N2O5S. The second-order valence-electron chi connectivity index (χ2n) is 6.42. The van der Waals surface area contributed by atoms with Crippen molar-refractivity contribution in [3.63, 3.8) is 0 Å². The fourth-order valence-corrected chi connectivity index (χ4v) is 3.73. The van der Waals surface area contributed by atoms with Gasteiger partial charge in [-0.05, 0) is 57.0 Å². The lowest BCUT2D eigenvalue weighted by Gasteiger charge is -2.14. The summed E-state index contributed by atoms with van der Waals surface area (Å²) in [6.45, 7) is 4.50. The summed E-state index contributed by atoms with van der Waals surface area (Å²) in [6, 6.07) is 11.1. The molecule has 0 spiro atoms. The Morgan fingerprint density at radius 1 is 1.00 bits per heavy atom. The lowest BCUT2D eigenvalue weighted by atomic mass is 10.2. The topological polar surface area (TPSA) is 93.7 Å². The predicted octanol–water partition coefficient (Wildman–Crippen LogP) is 3.63. The summed E-state index contributed by atoms with van der Waals surface area (Å²) in [5.41, 5.74) is 0.916. The highest BCUT2D eigenvalue weighted by Gasteiger charge is 2.29. The Hall–Kier alpha value is -2.74. The van der Waals surface area contributed by atoms with Gasteiger partial charge < -0.3 is 14.8 Å². The van der Waals surface area contributed by atoms with E-state index in [1.165, 1.54) is 12.1 Å². The van der Waals surface area contributed by atoms with Crippen molar-refractivity contribution >= 4 is 27.3 Å². The molecular weight excluding hydrogens is 380 g/mol. The number of nitrogens with one attached hydrogen (secondary N) is 2. The zero-order chi connectivity index (χ0) is 20.1. The molecule has 150 valence electrons. The smallest absolute Gasteiger partial charge is 0.262 e. The van der Waals surface area contributed by atoms with E-state index < -0.39 is 10.0 Å². The van der Waals surface area contributed by atoms with Crippen LogP contribution < -0.4 is 19.5 Å². The number of anilines is 2. The molecule has 1 aliphatic rings. The highest BCUT2D eigenvalue weighted by Crippen LogP contribution is 2.32. The second kappa shape index (κ2) is 8.52. The summed E-state index contributed by atoms with van der Waals surface area (Å²) in [7, 11) is -3.83. The Bertz CT molecular complexity index is 955. The first-order valence-corrected chi connectivity index (χ1v) is 10.7. The van der Waals surface area contributed by atoms with Crippen LogP contribution in [0.25, 0.3) is 0 Å². The van der Waals surface area contributed by atoms with E-state index in [4.69, 9.17) is 9.47 Å². The van der Waals surface area contributed by atoms with E-state index >= 15 is 0 Å². The summed E-state index contributed by atoms with van der Waals surface area (Å²) >= 11 is 0. The quantitative estimate of drug-likeness (QED) is 0.666. The van der Waals surface area contributed by atoms with Crippen molar-refractivity contribution in [2.24, 2.45) is 5.92 Å². The van der Waals surface area contributed by atoms with Crippen molar-refractivity contribution in [2.45, 2.75) is 31.6 Å². The van der Waals surface area contributed by atoms with E-state index in [2.05, 4.69) is 10.0 Å². The number of sulfonamides is 1. The van der Waals surface area contributed by atoms with Gasteiger partial charge in [0.25, 0.3) is 10.0 Å². The molecule has 1 aliphatic carbocycles. The number of ether oxygens (including phenoxy) is 2. The zero-order valence-electron chi connectivity index (χ0n) is 15.9. The average Bonchev–Trinajstić information content (AvgIpc) is 3.48. The average molecular weight is 404 g/mol. The SMILES string of the molecule is CCOc1ccc(S(=O)(=O)Nc2cccc(NC(=O)C3CC3)c2)cc1OCC. The maximum Gasteiger partial charge on any atom is 0.262 e. The maximum absolute atomic E-state index is 12.8. The molecule has 0 aromatic heterocycles. The summed E-state index contributed by atoms with van der Waals surface area (Å²) in [5, 5.41) is 2.81. The van der Waals surface area contributed by atoms with E-state index in [1.807, 2.05) is 13.8 Å². The molecule has 1 saturated carbocycles. The lowest BCUT2D eigenvalue weighted by molar-refractivity contribution is -0.117. The van der Waals surface area contributed by atoms with Crippen LogP contribution in [0.15, 0.2) is 47.4 Å². The molecule has 7 nitrogen and oxygen atoms in total. The zero-order valence-corrected chi connectivity index (χ0v) is 16.7. The van der Waals surface area contributed by atoms with Crippen LogP contribution in [0.2, 0.25) is 0 Å². The molecule has 1 fully saturated rings. The molecule has 0 saturated heterocycles. The van der Waals surface area contributed by atoms with Gasteiger partial charge in [0.2, 0.25) is 5.91 Å². The maximum atomic E-state index is 12.8. The number of benzene rings is 2. The fraction of sp³-hybridized carbons (Fsp3) is 0.350. The van der Waals surface area contributed by atoms with Gasteiger partial charge in [0, 0.05) is 17.7 Å². The van der Waals surface area contributed by atoms with Crippen molar-refractivity contribution in [3.05, 3.63) is 42.5 Å². The Kier molecular flexibility index (Phi) is 6.08. The number of carbonyl (C=O) groups is 1. The fourth-order valence-electron chi connectivity index (χ4n) is 2.66. The molecule has 0 heterocycles. The Morgan fingerprint density at radius 2 is 1.68 bits per heavy atom. The van der Waals surface area contributed by atoms with Gasteiger partial charge in [-0.2, -0.15) is 0 Å². The first kappa shape index (κ1) is 20.0. The molecule has 0 atom stereocenters. The van der Waals surface area contributed by atoms with Gasteiger partial charge >= 0.3 is 0 Å². The molecule has 28 heavy (non-hydrogen) atoms. The molecule has 2 aromatic rings. The van der Waals surface area contributed by atoms with E-state index in [0.717, 1.165) is 12.8 Å². The largest absolute Gasteiger partial charge is 0.490 e. The molecule has 8 heteroatoms. The van der Waals surface area contributed by atoms with Gasteiger partial charge in [-0.3, -0.25) is 9.52 Å². The van der Waals surface area contributed by atoms with Crippen molar-refractivity contribution in [2.75, 3.05) is 23.3 Å². The van der Waals surface area contributed by atoms with Gasteiger partial charge in [-0.15, -0.1) is 0 Å². The highest BCUT2D eigenvalue weighted by molar-refractivity contribution is 7.92. The molecule has 0 bridgehead atoms. The highest BCUT2D eigenvalue weighted by atomic mass is 32.2. The van der Waals surface area contributed by atoms with Crippen molar-refractivity contribution in [1.82, 2.24) is 0 Å². The van der Waals surface area contributed by atoms with Gasteiger partial charge in [-0.25, -0.2) is 8.42 Å². The van der Waals surface area contributed by atoms with Crippen molar-refractivity contribution in [3.8, 4) is 11.5 Å².